The summed E-state index contributed by atoms with van der Waals surface area (Å²) in [5.74, 6) is -0.493. The number of cyclic esters (lactones) is 1. The van der Waals surface area contributed by atoms with Crippen LogP contribution >= 0.6 is 0 Å². The molecule has 2 aliphatic heterocycles. The zero-order valence-corrected chi connectivity index (χ0v) is 17.7. The molecule has 2 rings (SSSR count). The molecule has 2 heterocycles. The molecule has 0 radical (unpaired) electrons. The minimum Gasteiger partial charge on any atom is -0.447 e. The Bertz CT molecular complexity index is 544. The lowest BCUT2D eigenvalue weighted by atomic mass is 9.59. The first kappa shape index (κ1) is 21.2. The van der Waals surface area contributed by atoms with E-state index < -0.39 is 30.3 Å². The van der Waals surface area contributed by atoms with E-state index in [0.29, 0.717) is 0 Å². The fourth-order valence-corrected chi connectivity index (χ4v) is 3.74. The van der Waals surface area contributed by atoms with Crippen LogP contribution in [0.1, 0.15) is 62.3 Å². The highest BCUT2D eigenvalue weighted by Gasteiger charge is 2.56. The van der Waals surface area contributed by atoms with Gasteiger partial charge in [-0.05, 0) is 39.5 Å². The van der Waals surface area contributed by atoms with Gasteiger partial charge in [-0.15, -0.1) is 0 Å². The van der Waals surface area contributed by atoms with Crippen molar-refractivity contribution in [3.8, 4) is 0 Å². The highest BCUT2D eigenvalue weighted by molar-refractivity contribution is 6.48. The molecular weight excluding hydrogens is 333 g/mol. The molecule has 2 aliphatic rings. The number of rotatable bonds is 5. The fraction of sp³-hybridized carbons (Fsp3) is 0.895. The van der Waals surface area contributed by atoms with E-state index in [1.807, 2.05) is 48.5 Å². The molecule has 0 aliphatic carbocycles. The Morgan fingerprint density at radius 2 is 1.58 bits per heavy atom. The predicted octanol–water partition coefficient (Wildman–Crippen LogP) is 3.74. The van der Waals surface area contributed by atoms with Crippen molar-refractivity contribution in [2.24, 2.45) is 17.8 Å². The third-order valence-electron chi connectivity index (χ3n) is 6.24. The summed E-state index contributed by atoms with van der Waals surface area (Å²) in [6.45, 7) is 18.2. The van der Waals surface area contributed by atoms with Crippen LogP contribution < -0.4 is 0 Å². The van der Waals surface area contributed by atoms with Crippen LogP contribution in [0.25, 0.3) is 0 Å². The molecular formula is C19H34BNO5. The average molecular weight is 367 g/mol. The van der Waals surface area contributed by atoms with Gasteiger partial charge in [-0.3, -0.25) is 4.79 Å². The molecule has 0 N–H and O–H groups in total. The summed E-state index contributed by atoms with van der Waals surface area (Å²) in [5.41, 5.74) is -0.915. The molecule has 0 aromatic rings. The number of hydrogen-bond acceptors (Lipinski definition) is 5. The van der Waals surface area contributed by atoms with E-state index in [1.165, 1.54) is 4.90 Å². The summed E-state index contributed by atoms with van der Waals surface area (Å²) < 4.78 is 17.6. The van der Waals surface area contributed by atoms with Crippen molar-refractivity contribution in [2.75, 3.05) is 6.61 Å². The molecule has 3 atom stereocenters. The summed E-state index contributed by atoms with van der Waals surface area (Å²) in [5, 5.41) is 0. The average Bonchev–Trinajstić information content (AvgIpc) is 2.95. The number of amides is 2. The van der Waals surface area contributed by atoms with Crippen molar-refractivity contribution in [1.82, 2.24) is 4.90 Å². The monoisotopic (exact) mass is 367 g/mol. The van der Waals surface area contributed by atoms with E-state index in [0.717, 1.165) is 0 Å². The van der Waals surface area contributed by atoms with Crippen LogP contribution in [-0.4, -0.2) is 47.9 Å². The molecule has 6 nitrogen and oxygen atoms in total. The predicted molar refractivity (Wildman–Crippen MR) is 101 cm³/mol. The van der Waals surface area contributed by atoms with Crippen LogP contribution in [0.15, 0.2) is 0 Å². The Morgan fingerprint density at radius 1 is 1.08 bits per heavy atom. The maximum absolute atomic E-state index is 13.2. The number of imide groups is 1. The number of carbonyl (C=O) groups is 2. The minimum atomic E-state index is -0.544. The lowest BCUT2D eigenvalue weighted by molar-refractivity contribution is -0.134. The fourth-order valence-electron chi connectivity index (χ4n) is 3.74. The number of nitrogens with zero attached hydrogens (tertiary/aromatic N) is 1. The normalized spacial score (nSPS) is 27.2. The van der Waals surface area contributed by atoms with Crippen LogP contribution in [0.4, 0.5) is 4.79 Å². The zero-order chi connectivity index (χ0) is 20.0. The first-order valence-corrected chi connectivity index (χ1v) is 9.65. The van der Waals surface area contributed by atoms with Crippen molar-refractivity contribution in [3.63, 3.8) is 0 Å². The molecule has 26 heavy (non-hydrogen) atoms. The number of hydrogen-bond donors (Lipinski definition) is 0. The van der Waals surface area contributed by atoms with Gasteiger partial charge in [0.2, 0.25) is 5.91 Å². The van der Waals surface area contributed by atoms with Crippen LogP contribution in [0.5, 0.6) is 0 Å². The van der Waals surface area contributed by atoms with E-state index in [2.05, 4.69) is 13.8 Å². The van der Waals surface area contributed by atoms with E-state index in [4.69, 9.17) is 14.0 Å². The lowest BCUT2D eigenvalue weighted by Crippen LogP contribution is -2.47. The second-order valence-corrected chi connectivity index (χ2v) is 9.33. The maximum Gasteiger partial charge on any atom is 0.462 e. The van der Waals surface area contributed by atoms with Gasteiger partial charge in [0.05, 0.1) is 17.2 Å². The molecule has 2 saturated heterocycles. The summed E-state index contributed by atoms with van der Waals surface area (Å²) in [6, 6.07) is -0.219. The molecule has 2 amide bonds. The van der Waals surface area contributed by atoms with E-state index in [1.54, 1.807) is 0 Å². The third kappa shape index (κ3) is 3.65. The Kier molecular flexibility index (Phi) is 5.84. The molecule has 0 saturated carbocycles. The van der Waals surface area contributed by atoms with Crippen LogP contribution in [0.2, 0.25) is 5.82 Å². The van der Waals surface area contributed by atoms with Gasteiger partial charge >= 0.3 is 13.2 Å². The molecule has 0 spiro atoms. The molecule has 0 unspecified atom stereocenters. The summed E-state index contributed by atoms with van der Waals surface area (Å²) in [7, 11) is -0.491. The zero-order valence-electron chi connectivity index (χ0n) is 17.7. The SMILES string of the molecule is CC(C)[C@@H](B1OC(C)(C)C(C)(C)O1)[C@@H](C)C(=O)N1C(=O)OC[C@H]1C(C)C. The molecule has 0 aromatic heterocycles. The van der Waals surface area contributed by atoms with E-state index in [9.17, 15) is 9.59 Å². The second kappa shape index (κ2) is 7.15. The number of carbonyl (C=O) groups excluding carboxylic acids is 2. The highest BCUT2D eigenvalue weighted by atomic mass is 16.7. The summed E-state index contributed by atoms with van der Waals surface area (Å²) >= 11 is 0. The molecule has 7 heteroatoms. The van der Waals surface area contributed by atoms with Gasteiger partial charge < -0.3 is 14.0 Å². The largest absolute Gasteiger partial charge is 0.462 e. The minimum absolute atomic E-state index is 0.145. The molecule has 0 bridgehead atoms. The van der Waals surface area contributed by atoms with Crippen LogP contribution in [-0.2, 0) is 18.8 Å². The quantitative estimate of drug-likeness (QED) is 0.693. The van der Waals surface area contributed by atoms with Gasteiger partial charge in [-0.2, -0.15) is 0 Å². The second-order valence-electron chi connectivity index (χ2n) is 9.33. The first-order valence-electron chi connectivity index (χ1n) is 9.65. The summed E-state index contributed by atoms with van der Waals surface area (Å²) in [6.07, 6.45) is -0.544. The first-order chi connectivity index (χ1) is 11.8. The topological polar surface area (TPSA) is 65.1 Å². The standard InChI is InChI=1S/C19H34BNO5/c1-11(2)14-10-24-17(23)21(14)16(22)13(5)15(12(3)4)20-25-18(6,7)19(8,9)26-20/h11-15H,10H2,1-9H3/t13-,14+,15-/m1/s1. The van der Waals surface area contributed by atoms with Crippen LogP contribution in [0, 0.1) is 17.8 Å². The highest BCUT2D eigenvalue weighted by Crippen LogP contribution is 2.45. The maximum atomic E-state index is 13.2. The smallest absolute Gasteiger partial charge is 0.447 e. The van der Waals surface area contributed by atoms with Crippen molar-refractivity contribution in [3.05, 3.63) is 0 Å². The van der Waals surface area contributed by atoms with Crippen molar-refractivity contribution >= 4 is 19.1 Å². The van der Waals surface area contributed by atoms with Gasteiger partial charge in [-0.1, -0.05) is 34.6 Å². The molecule has 148 valence electrons. The molecule has 0 aromatic carbocycles. The van der Waals surface area contributed by atoms with E-state index in [-0.39, 0.29) is 36.2 Å². The van der Waals surface area contributed by atoms with Gasteiger partial charge in [-0.25, -0.2) is 9.69 Å². The summed E-state index contributed by atoms with van der Waals surface area (Å²) in [4.78, 5) is 26.7. The Morgan fingerprint density at radius 3 is 2.00 bits per heavy atom. The van der Waals surface area contributed by atoms with Crippen molar-refractivity contribution in [1.29, 1.82) is 0 Å². The van der Waals surface area contributed by atoms with E-state index >= 15 is 0 Å². The Labute approximate surface area is 158 Å². The van der Waals surface area contributed by atoms with Crippen molar-refractivity contribution < 1.29 is 23.6 Å². The van der Waals surface area contributed by atoms with Crippen molar-refractivity contribution in [2.45, 2.75) is 85.4 Å². The Balaban J connectivity index is 2.25. The molecule has 2 fully saturated rings. The van der Waals surface area contributed by atoms with Gasteiger partial charge in [0.1, 0.15) is 6.61 Å². The lowest BCUT2D eigenvalue weighted by Gasteiger charge is -2.32. The third-order valence-corrected chi connectivity index (χ3v) is 6.24. The van der Waals surface area contributed by atoms with Gasteiger partial charge in [0.15, 0.2) is 0 Å². The van der Waals surface area contributed by atoms with Gasteiger partial charge in [0, 0.05) is 11.7 Å². The van der Waals surface area contributed by atoms with Gasteiger partial charge in [0.25, 0.3) is 0 Å². The van der Waals surface area contributed by atoms with Crippen LogP contribution in [0.3, 0.4) is 0 Å². The number of ether oxygens (including phenoxy) is 1. The Hall–Kier alpha value is -1.08.